The van der Waals surface area contributed by atoms with Crippen LogP contribution in [0.25, 0.3) is 11.1 Å². The molecule has 1 heterocycles. The second-order valence-electron chi connectivity index (χ2n) is 7.84. The number of rotatable bonds is 6. The minimum atomic E-state index is -1.14. The van der Waals surface area contributed by atoms with Crippen LogP contribution < -0.4 is 0 Å². The van der Waals surface area contributed by atoms with E-state index < -0.39 is 30.0 Å². The number of carbonyl (C=O) groups is 3. The molecule has 2 atom stereocenters. The van der Waals surface area contributed by atoms with Gasteiger partial charge in [0.05, 0.1) is 13.0 Å². The zero-order chi connectivity index (χ0) is 22.0. The molecule has 1 aliphatic heterocycles. The molecule has 2 aromatic rings. The Balaban J connectivity index is 1.46. The summed E-state index contributed by atoms with van der Waals surface area (Å²) in [5.74, 6) is -2.18. The van der Waals surface area contributed by atoms with E-state index in [0.717, 1.165) is 22.3 Å². The summed E-state index contributed by atoms with van der Waals surface area (Å²) in [7, 11) is 0. The predicted molar refractivity (Wildman–Crippen MR) is 113 cm³/mol. The standard InChI is InChI=1S/C24H25NO6/c1-2-30-21(26)13-15-11-12-25(22(15)23(27)28)24(29)31-14-20-18-9-5-3-7-16(18)17-8-4-6-10-19(17)20/h3-10,15,20,22H,2,11-14H2,1H3,(H,27,28)/t15-,22-/m0/s1. The maximum absolute atomic E-state index is 12.8. The van der Waals surface area contributed by atoms with Gasteiger partial charge in [0.2, 0.25) is 0 Å². The average Bonchev–Trinajstić information content (AvgIpc) is 3.32. The monoisotopic (exact) mass is 423 g/mol. The second kappa shape index (κ2) is 8.79. The molecule has 0 saturated carbocycles. The van der Waals surface area contributed by atoms with Crippen molar-refractivity contribution >= 4 is 18.0 Å². The van der Waals surface area contributed by atoms with Crippen LogP contribution in [0.15, 0.2) is 48.5 Å². The van der Waals surface area contributed by atoms with E-state index in [2.05, 4.69) is 12.1 Å². The fourth-order valence-electron chi connectivity index (χ4n) is 4.72. The first-order valence-electron chi connectivity index (χ1n) is 10.5. The molecule has 0 radical (unpaired) electrons. The minimum Gasteiger partial charge on any atom is -0.480 e. The Morgan fingerprint density at radius 1 is 1.00 bits per heavy atom. The molecule has 1 N–H and O–H groups in total. The third-order valence-electron chi connectivity index (χ3n) is 6.08. The Labute approximate surface area is 180 Å². The van der Waals surface area contributed by atoms with Crippen molar-refractivity contribution in [3.63, 3.8) is 0 Å². The molecule has 31 heavy (non-hydrogen) atoms. The van der Waals surface area contributed by atoms with Gasteiger partial charge in [-0.25, -0.2) is 9.59 Å². The van der Waals surface area contributed by atoms with Crippen molar-refractivity contribution in [2.24, 2.45) is 5.92 Å². The lowest BCUT2D eigenvalue weighted by Gasteiger charge is -2.25. The first-order valence-corrected chi connectivity index (χ1v) is 10.5. The van der Waals surface area contributed by atoms with Crippen molar-refractivity contribution in [1.82, 2.24) is 4.90 Å². The van der Waals surface area contributed by atoms with Gasteiger partial charge in [-0.2, -0.15) is 0 Å². The van der Waals surface area contributed by atoms with Gasteiger partial charge in [-0.3, -0.25) is 9.69 Å². The lowest BCUT2D eigenvalue weighted by atomic mass is 9.97. The fourth-order valence-corrected chi connectivity index (χ4v) is 4.72. The number of amides is 1. The number of ether oxygens (including phenoxy) is 2. The summed E-state index contributed by atoms with van der Waals surface area (Å²) in [4.78, 5) is 37.7. The fraction of sp³-hybridized carbons (Fsp3) is 0.375. The predicted octanol–water partition coefficient (Wildman–Crippen LogP) is 3.66. The lowest BCUT2D eigenvalue weighted by Crippen LogP contribution is -2.44. The van der Waals surface area contributed by atoms with Gasteiger partial charge in [-0.1, -0.05) is 48.5 Å². The molecule has 1 aliphatic carbocycles. The van der Waals surface area contributed by atoms with Gasteiger partial charge < -0.3 is 14.6 Å². The van der Waals surface area contributed by atoms with Crippen molar-refractivity contribution in [2.45, 2.75) is 31.7 Å². The molecular weight excluding hydrogens is 398 g/mol. The Morgan fingerprint density at radius 2 is 1.61 bits per heavy atom. The molecule has 0 bridgehead atoms. The van der Waals surface area contributed by atoms with Gasteiger partial charge in [0.1, 0.15) is 12.6 Å². The first-order chi connectivity index (χ1) is 15.0. The Bertz CT molecular complexity index is 958. The normalized spacial score (nSPS) is 19.6. The van der Waals surface area contributed by atoms with E-state index in [1.807, 2.05) is 36.4 Å². The van der Waals surface area contributed by atoms with Gasteiger partial charge >= 0.3 is 18.0 Å². The first kappa shape index (κ1) is 20.9. The molecule has 4 rings (SSSR count). The van der Waals surface area contributed by atoms with Crippen molar-refractivity contribution < 1.29 is 29.0 Å². The number of aliphatic carboxylic acids is 1. The number of esters is 1. The second-order valence-corrected chi connectivity index (χ2v) is 7.84. The van der Waals surface area contributed by atoms with Gasteiger partial charge in [-0.15, -0.1) is 0 Å². The number of hydrogen-bond acceptors (Lipinski definition) is 5. The highest BCUT2D eigenvalue weighted by Crippen LogP contribution is 2.44. The largest absolute Gasteiger partial charge is 0.480 e. The number of fused-ring (bicyclic) bond motifs is 3. The van der Waals surface area contributed by atoms with Crippen LogP contribution >= 0.6 is 0 Å². The smallest absolute Gasteiger partial charge is 0.410 e. The third kappa shape index (κ3) is 4.00. The summed E-state index contributed by atoms with van der Waals surface area (Å²) in [5.41, 5.74) is 4.43. The molecular formula is C24H25NO6. The molecule has 0 unspecified atom stereocenters. The van der Waals surface area contributed by atoms with Crippen molar-refractivity contribution in [3.05, 3.63) is 59.7 Å². The summed E-state index contributed by atoms with van der Waals surface area (Å²) in [5, 5.41) is 9.68. The van der Waals surface area contributed by atoms with Crippen LogP contribution in [-0.4, -0.2) is 53.8 Å². The molecule has 7 nitrogen and oxygen atoms in total. The number of carboxylic acid groups (broad SMARTS) is 1. The van der Waals surface area contributed by atoms with Crippen molar-refractivity contribution in [2.75, 3.05) is 19.8 Å². The third-order valence-corrected chi connectivity index (χ3v) is 6.08. The summed E-state index contributed by atoms with van der Waals surface area (Å²) >= 11 is 0. The summed E-state index contributed by atoms with van der Waals surface area (Å²) in [6.07, 6.45) is -0.279. The quantitative estimate of drug-likeness (QED) is 0.713. The molecule has 1 fully saturated rings. The molecule has 0 aromatic heterocycles. The highest BCUT2D eigenvalue weighted by atomic mass is 16.6. The van der Waals surface area contributed by atoms with Gasteiger partial charge in [0.25, 0.3) is 0 Å². The van der Waals surface area contributed by atoms with Crippen LogP contribution in [-0.2, 0) is 19.1 Å². The molecule has 2 aliphatic rings. The zero-order valence-electron chi connectivity index (χ0n) is 17.3. The number of hydrogen-bond donors (Lipinski definition) is 1. The highest BCUT2D eigenvalue weighted by Gasteiger charge is 2.44. The summed E-state index contributed by atoms with van der Waals surface area (Å²) in [6.45, 7) is 2.29. The van der Waals surface area contributed by atoms with E-state index in [-0.39, 0.29) is 32.1 Å². The van der Waals surface area contributed by atoms with Gasteiger partial charge in [0.15, 0.2) is 0 Å². The SMILES string of the molecule is CCOC(=O)C[C@@H]1CCN(C(=O)OCC2c3ccccc3-c3ccccc32)[C@@H]1C(=O)O. The molecule has 1 amide bonds. The van der Waals surface area contributed by atoms with Crippen LogP contribution in [0.4, 0.5) is 4.79 Å². The zero-order valence-corrected chi connectivity index (χ0v) is 17.3. The van der Waals surface area contributed by atoms with E-state index >= 15 is 0 Å². The highest BCUT2D eigenvalue weighted by molar-refractivity contribution is 5.83. The van der Waals surface area contributed by atoms with Crippen LogP contribution in [0.2, 0.25) is 0 Å². The molecule has 0 spiro atoms. The van der Waals surface area contributed by atoms with E-state index in [0.29, 0.717) is 6.42 Å². The number of benzene rings is 2. The molecule has 2 aromatic carbocycles. The van der Waals surface area contributed by atoms with Crippen LogP contribution in [0.1, 0.15) is 36.8 Å². The van der Waals surface area contributed by atoms with Gasteiger partial charge in [0, 0.05) is 18.4 Å². The Hall–Kier alpha value is -3.35. The van der Waals surface area contributed by atoms with E-state index in [9.17, 15) is 19.5 Å². The van der Waals surface area contributed by atoms with Crippen LogP contribution in [0, 0.1) is 5.92 Å². The van der Waals surface area contributed by atoms with E-state index in [4.69, 9.17) is 9.47 Å². The lowest BCUT2D eigenvalue weighted by molar-refractivity contribution is -0.146. The number of likely N-dealkylation sites (tertiary alicyclic amines) is 1. The summed E-state index contributed by atoms with van der Waals surface area (Å²) < 4.78 is 10.6. The number of nitrogens with zero attached hydrogens (tertiary/aromatic N) is 1. The Morgan fingerprint density at radius 3 is 2.19 bits per heavy atom. The van der Waals surface area contributed by atoms with Crippen molar-refractivity contribution in [3.8, 4) is 11.1 Å². The van der Waals surface area contributed by atoms with E-state index in [1.165, 1.54) is 4.90 Å². The molecule has 7 heteroatoms. The summed E-state index contributed by atoms with van der Waals surface area (Å²) in [6, 6.07) is 14.9. The van der Waals surface area contributed by atoms with E-state index in [1.54, 1.807) is 6.92 Å². The molecule has 1 saturated heterocycles. The maximum atomic E-state index is 12.8. The van der Waals surface area contributed by atoms with Crippen LogP contribution in [0.5, 0.6) is 0 Å². The number of carbonyl (C=O) groups excluding carboxylic acids is 2. The van der Waals surface area contributed by atoms with Gasteiger partial charge in [-0.05, 0) is 35.6 Å². The number of carboxylic acids is 1. The van der Waals surface area contributed by atoms with Crippen molar-refractivity contribution in [1.29, 1.82) is 0 Å². The topological polar surface area (TPSA) is 93.1 Å². The molecule has 162 valence electrons. The maximum Gasteiger partial charge on any atom is 0.410 e. The van der Waals surface area contributed by atoms with Crippen LogP contribution in [0.3, 0.4) is 0 Å². The Kier molecular flexibility index (Phi) is 5.93. The minimum absolute atomic E-state index is 0.0298. The average molecular weight is 423 g/mol.